The van der Waals surface area contributed by atoms with Crippen molar-refractivity contribution in [2.75, 3.05) is 18.4 Å². The van der Waals surface area contributed by atoms with Crippen molar-refractivity contribution in [3.8, 4) is 0 Å². The Balaban J connectivity index is 1.31. The molecule has 3 aromatic rings. The van der Waals surface area contributed by atoms with Gasteiger partial charge in [0.2, 0.25) is 15.9 Å². The molecule has 2 aliphatic rings. The third-order valence-corrected chi connectivity index (χ3v) is 9.17. The molecule has 1 aliphatic carbocycles. The van der Waals surface area contributed by atoms with E-state index in [1.54, 1.807) is 18.2 Å². The number of anilines is 1. The van der Waals surface area contributed by atoms with Crippen LogP contribution >= 0.6 is 23.2 Å². The zero-order valence-electron chi connectivity index (χ0n) is 18.0. The lowest BCUT2D eigenvalue weighted by molar-refractivity contribution is -0.120. The van der Waals surface area contributed by atoms with Gasteiger partial charge >= 0.3 is 0 Å². The summed E-state index contributed by atoms with van der Waals surface area (Å²) in [6, 6.07) is 15.1. The Labute approximate surface area is 203 Å². The third kappa shape index (κ3) is 4.50. The Morgan fingerprint density at radius 3 is 2.61 bits per heavy atom. The molecule has 1 aliphatic heterocycles. The first-order valence-electron chi connectivity index (χ1n) is 11.1. The summed E-state index contributed by atoms with van der Waals surface area (Å²) in [4.78, 5) is 13.1. The van der Waals surface area contributed by atoms with Crippen LogP contribution in [0.5, 0.6) is 0 Å². The van der Waals surface area contributed by atoms with Gasteiger partial charge in [-0.3, -0.25) is 4.79 Å². The molecule has 5 nitrogen and oxygen atoms in total. The number of halogens is 2. The molecule has 1 amide bonds. The highest BCUT2D eigenvalue weighted by Crippen LogP contribution is 2.35. The Morgan fingerprint density at radius 1 is 1.03 bits per heavy atom. The van der Waals surface area contributed by atoms with Gasteiger partial charge in [0, 0.05) is 24.2 Å². The van der Waals surface area contributed by atoms with E-state index in [4.69, 9.17) is 23.2 Å². The molecule has 1 N–H and O–H groups in total. The van der Waals surface area contributed by atoms with Crippen LogP contribution in [0.4, 0.5) is 5.69 Å². The second-order valence-electron chi connectivity index (χ2n) is 8.80. The maximum atomic E-state index is 13.1. The zero-order valence-corrected chi connectivity index (χ0v) is 20.3. The van der Waals surface area contributed by atoms with Crippen molar-refractivity contribution in [1.82, 2.24) is 4.31 Å². The molecule has 0 unspecified atom stereocenters. The fourth-order valence-electron chi connectivity index (χ4n) is 4.93. The van der Waals surface area contributed by atoms with Crippen LogP contribution in [0.25, 0.3) is 10.8 Å². The number of piperidine rings is 1. The summed E-state index contributed by atoms with van der Waals surface area (Å²) in [6.07, 6.45) is 3.35. The standard InChI is InChI=1S/C25H24Cl2N2O3S/c26-21-10-6-16(13-22(21)27)15-33(31,32)29-12-2-4-19(14-29)25(30)28-23-11-9-18-8-7-17-3-1-5-20(23)24(17)18/h1,3,5-6,9-11,13,19H,2,4,7-8,12,14-15H2,(H,28,30)/t19-/m1/s1. The molecule has 1 heterocycles. The average molecular weight is 503 g/mol. The van der Waals surface area contributed by atoms with E-state index in [1.807, 2.05) is 18.2 Å². The van der Waals surface area contributed by atoms with Crippen LogP contribution in [-0.4, -0.2) is 31.7 Å². The summed E-state index contributed by atoms with van der Waals surface area (Å²) in [6.45, 7) is 0.588. The van der Waals surface area contributed by atoms with E-state index in [0.717, 1.165) is 23.9 Å². The van der Waals surface area contributed by atoms with Crippen molar-refractivity contribution in [2.45, 2.75) is 31.4 Å². The van der Waals surface area contributed by atoms with Crippen molar-refractivity contribution in [3.05, 3.63) is 75.3 Å². The van der Waals surface area contributed by atoms with E-state index >= 15 is 0 Å². The number of hydrogen-bond acceptors (Lipinski definition) is 3. The van der Waals surface area contributed by atoms with E-state index in [-0.39, 0.29) is 18.2 Å². The third-order valence-electron chi connectivity index (χ3n) is 6.62. The van der Waals surface area contributed by atoms with Crippen LogP contribution < -0.4 is 5.32 Å². The highest BCUT2D eigenvalue weighted by Gasteiger charge is 2.33. The fourth-order valence-corrected chi connectivity index (χ4v) is 6.85. The smallest absolute Gasteiger partial charge is 0.228 e. The Morgan fingerprint density at radius 2 is 1.82 bits per heavy atom. The van der Waals surface area contributed by atoms with Crippen molar-refractivity contribution < 1.29 is 13.2 Å². The molecule has 5 rings (SSSR count). The number of amides is 1. The van der Waals surface area contributed by atoms with Crippen LogP contribution in [0.1, 0.15) is 29.5 Å². The summed E-state index contributed by atoms with van der Waals surface area (Å²) in [5, 5.41) is 6.08. The maximum Gasteiger partial charge on any atom is 0.228 e. The van der Waals surface area contributed by atoms with Crippen LogP contribution in [0.3, 0.4) is 0 Å². The van der Waals surface area contributed by atoms with Gasteiger partial charge in [0.15, 0.2) is 0 Å². The van der Waals surface area contributed by atoms with E-state index in [2.05, 4.69) is 17.4 Å². The van der Waals surface area contributed by atoms with E-state index in [1.165, 1.54) is 20.8 Å². The van der Waals surface area contributed by atoms with Gasteiger partial charge in [0.05, 0.1) is 21.7 Å². The van der Waals surface area contributed by atoms with Crippen LogP contribution in [0.2, 0.25) is 10.0 Å². The minimum atomic E-state index is -3.59. The number of carbonyl (C=O) groups excluding carboxylic acids is 1. The molecule has 1 fully saturated rings. The largest absolute Gasteiger partial charge is 0.325 e. The topological polar surface area (TPSA) is 66.5 Å². The van der Waals surface area contributed by atoms with Gasteiger partial charge in [0.1, 0.15) is 0 Å². The first-order valence-corrected chi connectivity index (χ1v) is 13.4. The average Bonchev–Trinajstić information content (AvgIpc) is 3.23. The van der Waals surface area contributed by atoms with Gasteiger partial charge in [-0.15, -0.1) is 0 Å². The molecule has 0 saturated carbocycles. The lowest BCUT2D eigenvalue weighted by atomic mass is 9.98. The molecule has 3 aromatic carbocycles. The normalized spacial score (nSPS) is 18.5. The van der Waals surface area contributed by atoms with Crippen molar-refractivity contribution in [3.63, 3.8) is 0 Å². The maximum absolute atomic E-state index is 13.1. The molecular formula is C25H24Cl2N2O3S. The van der Waals surface area contributed by atoms with E-state index in [9.17, 15) is 13.2 Å². The minimum absolute atomic E-state index is 0.136. The lowest BCUT2D eigenvalue weighted by Gasteiger charge is -2.31. The van der Waals surface area contributed by atoms with Crippen molar-refractivity contribution >= 4 is 55.6 Å². The molecule has 0 aromatic heterocycles. The lowest BCUT2D eigenvalue weighted by Crippen LogP contribution is -2.44. The summed E-state index contributed by atoms with van der Waals surface area (Å²) in [5.41, 5.74) is 3.99. The predicted octanol–water partition coefficient (Wildman–Crippen LogP) is 5.43. The van der Waals surface area contributed by atoms with Gasteiger partial charge < -0.3 is 5.32 Å². The van der Waals surface area contributed by atoms with Crippen LogP contribution in [-0.2, 0) is 33.4 Å². The molecule has 33 heavy (non-hydrogen) atoms. The SMILES string of the molecule is O=C(Nc1ccc2c3c(cccc13)CC2)[C@@H]1CCCN(S(=O)(=O)Cc2ccc(Cl)c(Cl)c2)C1. The minimum Gasteiger partial charge on any atom is -0.325 e. The first-order chi connectivity index (χ1) is 15.8. The number of nitrogens with one attached hydrogen (secondary N) is 1. The predicted molar refractivity (Wildman–Crippen MR) is 133 cm³/mol. The highest BCUT2D eigenvalue weighted by atomic mass is 35.5. The zero-order chi connectivity index (χ0) is 23.2. The summed E-state index contributed by atoms with van der Waals surface area (Å²) in [7, 11) is -3.59. The number of benzene rings is 3. The van der Waals surface area contributed by atoms with Gasteiger partial charge in [-0.25, -0.2) is 12.7 Å². The molecule has 1 atom stereocenters. The van der Waals surface area contributed by atoms with Crippen LogP contribution in [0, 0.1) is 5.92 Å². The summed E-state index contributed by atoms with van der Waals surface area (Å²) < 4.78 is 27.5. The number of sulfonamides is 1. The summed E-state index contributed by atoms with van der Waals surface area (Å²) >= 11 is 12.0. The van der Waals surface area contributed by atoms with Gasteiger partial charge in [0.25, 0.3) is 0 Å². The van der Waals surface area contributed by atoms with Gasteiger partial charge in [-0.05, 0) is 66.0 Å². The fraction of sp³-hybridized carbons (Fsp3) is 0.320. The van der Waals surface area contributed by atoms with E-state index in [0.29, 0.717) is 35.0 Å². The Bertz CT molecular complexity index is 1350. The molecule has 8 heteroatoms. The van der Waals surface area contributed by atoms with Crippen molar-refractivity contribution in [1.29, 1.82) is 0 Å². The van der Waals surface area contributed by atoms with Gasteiger partial charge in [-0.2, -0.15) is 0 Å². The second kappa shape index (κ2) is 8.91. The Kier molecular flexibility index (Phi) is 6.12. The van der Waals surface area contributed by atoms with Gasteiger partial charge in [-0.1, -0.05) is 53.5 Å². The molecule has 0 bridgehead atoms. The molecule has 0 spiro atoms. The molecule has 172 valence electrons. The number of aryl methyl sites for hydroxylation is 2. The number of rotatable bonds is 5. The monoisotopic (exact) mass is 502 g/mol. The molecule has 0 radical (unpaired) electrons. The second-order valence-corrected chi connectivity index (χ2v) is 11.6. The quantitative estimate of drug-likeness (QED) is 0.505. The van der Waals surface area contributed by atoms with Crippen LogP contribution in [0.15, 0.2) is 48.5 Å². The number of hydrogen-bond donors (Lipinski definition) is 1. The van der Waals surface area contributed by atoms with E-state index < -0.39 is 15.9 Å². The number of nitrogens with zero attached hydrogens (tertiary/aromatic N) is 1. The highest BCUT2D eigenvalue weighted by molar-refractivity contribution is 7.88. The number of carbonyl (C=O) groups is 1. The first kappa shape index (κ1) is 22.7. The molecular weight excluding hydrogens is 479 g/mol. The molecule has 1 saturated heterocycles. The Hall–Kier alpha value is -2.12. The summed E-state index contributed by atoms with van der Waals surface area (Å²) in [5.74, 6) is -0.707. The van der Waals surface area contributed by atoms with Crippen molar-refractivity contribution in [2.24, 2.45) is 5.92 Å².